The maximum atomic E-state index is 13.5. The molecule has 0 bridgehead atoms. The Morgan fingerprint density at radius 1 is 1.53 bits per heavy atom. The minimum Gasteiger partial charge on any atom is -0.389 e. The van der Waals surface area contributed by atoms with Crippen LogP contribution in [0.5, 0.6) is 0 Å². The van der Waals surface area contributed by atoms with E-state index in [1.165, 1.54) is 6.07 Å². The first-order chi connectivity index (χ1) is 7.82. The number of nitrogens with zero attached hydrogens (tertiary/aromatic N) is 1. The highest BCUT2D eigenvalue weighted by Gasteiger charge is 2.14. The second kappa shape index (κ2) is 5.32. The lowest BCUT2D eigenvalue weighted by molar-refractivity contribution is 0.199. The van der Waals surface area contributed by atoms with E-state index < -0.39 is 6.10 Å². The maximum absolute atomic E-state index is 13.5. The molecular formula is C14H20FNO. The van der Waals surface area contributed by atoms with Crippen molar-refractivity contribution >= 4 is 5.69 Å². The summed E-state index contributed by atoms with van der Waals surface area (Å²) in [5.74, 6) is -0.284. The zero-order valence-electron chi connectivity index (χ0n) is 10.9. The van der Waals surface area contributed by atoms with Gasteiger partial charge in [-0.1, -0.05) is 12.2 Å². The van der Waals surface area contributed by atoms with Crippen molar-refractivity contribution in [3.05, 3.63) is 41.2 Å². The van der Waals surface area contributed by atoms with Crippen molar-refractivity contribution in [2.75, 3.05) is 18.5 Å². The Morgan fingerprint density at radius 3 is 2.59 bits per heavy atom. The van der Waals surface area contributed by atoms with Crippen molar-refractivity contribution < 1.29 is 9.50 Å². The third-order valence-corrected chi connectivity index (χ3v) is 2.68. The normalized spacial score (nSPS) is 12.4. The first-order valence-electron chi connectivity index (χ1n) is 5.66. The van der Waals surface area contributed by atoms with E-state index in [-0.39, 0.29) is 5.82 Å². The van der Waals surface area contributed by atoms with Gasteiger partial charge < -0.3 is 10.0 Å². The van der Waals surface area contributed by atoms with E-state index in [4.69, 9.17) is 0 Å². The second-order valence-electron chi connectivity index (χ2n) is 4.65. The molecule has 0 radical (unpaired) electrons. The SMILES string of the molecule is C=C(C)CN(C)c1cc(C)c(F)cc1[C@@H](C)O. The van der Waals surface area contributed by atoms with Crippen LogP contribution in [-0.2, 0) is 0 Å². The molecule has 0 unspecified atom stereocenters. The fourth-order valence-corrected chi connectivity index (χ4v) is 1.84. The van der Waals surface area contributed by atoms with Crippen molar-refractivity contribution in [3.63, 3.8) is 0 Å². The highest BCUT2D eigenvalue weighted by Crippen LogP contribution is 2.28. The van der Waals surface area contributed by atoms with Gasteiger partial charge >= 0.3 is 0 Å². The summed E-state index contributed by atoms with van der Waals surface area (Å²) in [6, 6.07) is 3.17. The van der Waals surface area contributed by atoms with Crippen molar-refractivity contribution in [2.24, 2.45) is 0 Å². The zero-order valence-corrected chi connectivity index (χ0v) is 10.9. The summed E-state index contributed by atoms with van der Waals surface area (Å²) < 4.78 is 13.5. The van der Waals surface area contributed by atoms with Gasteiger partial charge in [0.1, 0.15) is 5.82 Å². The summed E-state index contributed by atoms with van der Waals surface area (Å²) in [5, 5.41) is 9.69. The van der Waals surface area contributed by atoms with Crippen LogP contribution in [0, 0.1) is 12.7 Å². The molecule has 0 fully saturated rings. The first kappa shape index (κ1) is 13.7. The molecule has 1 aromatic rings. The maximum Gasteiger partial charge on any atom is 0.126 e. The topological polar surface area (TPSA) is 23.5 Å². The van der Waals surface area contributed by atoms with Gasteiger partial charge in [-0.15, -0.1) is 0 Å². The van der Waals surface area contributed by atoms with E-state index >= 15 is 0 Å². The number of hydrogen-bond donors (Lipinski definition) is 1. The third kappa shape index (κ3) is 3.30. The van der Waals surface area contributed by atoms with E-state index in [2.05, 4.69) is 6.58 Å². The Kier molecular flexibility index (Phi) is 4.29. The molecule has 0 amide bonds. The van der Waals surface area contributed by atoms with Crippen LogP contribution in [0.15, 0.2) is 24.3 Å². The molecule has 1 N–H and O–H groups in total. The van der Waals surface area contributed by atoms with Gasteiger partial charge in [-0.25, -0.2) is 4.39 Å². The number of benzene rings is 1. The van der Waals surface area contributed by atoms with Gasteiger partial charge in [-0.3, -0.25) is 0 Å². The molecule has 0 heterocycles. The molecule has 1 atom stereocenters. The Morgan fingerprint density at radius 2 is 2.12 bits per heavy atom. The number of rotatable bonds is 4. The molecule has 0 spiro atoms. The van der Waals surface area contributed by atoms with Crippen LogP contribution in [0.2, 0.25) is 0 Å². The molecule has 0 aliphatic carbocycles. The van der Waals surface area contributed by atoms with E-state index in [0.717, 1.165) is 11.3 Å². The van der Waals surface area contributed by atoms with Crippen molar-refractivity contribution in [1.29, 1.82) is 0 Å². The molecular weight excluding hydrogens is 217 g/mol. The fourth-order valence-electron chi connectivity index (χ4n) is 1.84. The minimum atomic E-state index is -0.687. The summed E-state index contributed by atoms with van der Waals surface area (Å²) in [6.45, 7) is 9.84. The quantitative estimate of drug-likeness (QED) is 0.813. The molecule has 0 aliphatic rings. The lowest BCUT2D eigenvalue weighted by Gasteiger charge is -2.24. The molecule has 3 heteroatoms. The lowest BCUT2D eigenvalue weighted by atomic mass is 10.0. The van der Waals surface area contributed by atoms with Crippen LogP contribution in [-0.4, -0.2) is 18.7 Å². The van der Waals surface area contributed by atoms with Gasteiger partial charge in [-0.05, 0) is 38.5 Å². The number of aliphatic hydroxyl groups is 1. The number of hydrogen-bond acceptors (Lipinski definition) is 2. The predicted octanol–water partition coefficient (Wildman–Crippen LogP) is 3.20. The summed E-state index contributed by atoms with van der Waals surface area (Å²) in [5.41, 5.74) is 3.06. The average molecular weight is 237 g/mol. The summed E-state index contributed by atoms with van der Waals surface area (Å²) >= 11 is 0. The van der Waals surface area contributed by atoms with Crippen LogP contribution < -0.4 is 4.90 Å². The largest absolute Gasteiger partial charge is 0.389 e. The molecule has 2 nitrogen and oxygen atoms in total. The Hall–Kier alpha value is -1.35. The van der Waals surface area contributed by atoms with Crippen LogP contribution in [0.3, 0.4) is 0 Å². The molecule has 17 heavy (non-hydrogen) atoms. The van der Waals surface area contributed by atoms with Gasteiger partial charge in [0, 0.05) is 24.8 Å². The number of likely N-dealkylation sites (N-methyl/N-ethyl adjacent to an activating group) is 1. The van der Waals surface area contributed by atoms with Crippen molar-refractivity contribution in [3.8, 4) is 0 Å². The van der Waals surface area contributed by atoms with E-state index in [0.29, 0.717) is 17.7 Å². The molecule has 94 valence electrons. The summed E-state index contributed by atoms with van der Waals surface area (Å²) in [6.07, 6.45) is -0.687. The average Bonchev–Trinajstić information content (AvgIpc) is 2.19. The lowest BCUT2D eigenvalue weighted by Crippen LogP contribution is -2.21. The summed E-state index contributed by atoms with van der Waals surface area (Å²) in [4.78, 5) is 1.97. The van der Waals surface area contributed by atoms with Crippen molar-refractivity contribution in [1.82, 2.24) is 0 Å². The summed E-state index contributed by atoms with van der Waals surface area (Å²) in [7, 11) is 1.91. The molecule has 0 aliphatic heterocycles. The van der Waals surface area contributed by atoms with E-state index in [1.54, 1.807) is 19.9 Å². The minimum absolute atomic E-state index is 0.284. The predicted molar refractivity (Wildman–Crippen MR) is 69.9 cm³/mol. The highest BCUT2D eigenvalue weighted by atomic mass is 19.1. The number of anilines is 1. The molecule has 0 saturated carbocycles. The number of halogens is 1. The van der Waals surface area contributed by atoms with Crippen LogP contribution in [0.1, 0.15) is 31.1 Å². The highest BCUT2D eigenvalue weighted by molar-refractivity contribution is 5.56. The van der Waals surface area contributed by atoms with Gasteiger partial charge in [0.25, 0.3) is 0 Å². The van der Waals surface area contributed by atoms with Crippen LogP contribution in [0.25, 0.3) is 0 Å². The standard InChI is InChI=1S/C14H20FNO/c1-9(2)8-16(5)14-6-10(3)13(15)7-12(14)11(4)17/h6-7,11,17H,1,8H2,2-5H3/t11-/m1/s1. The molecule has 1 aromatic carbocycles. The number of aryl methyl sites for hydroxylation is 1. The van der Waals surface area contributed by atoms with Crippen LogP contribution >= 0.6 is 0 Å². The Bertz CT molecular complexity index is 426. The van der Waals surface area contributed by atoms with Gasteiger partial charge in [0.2, 0.25) is 0 Å². The van der Waals surface area contributed by atoms with Crippen molar-refractivity contribution in [2.45, 2.75) is 26.9 Å². The van der Waals surface area contributed by atoms with Gasteiger partial charge in [-0.2, -0.15) is 0 Å². The molecule has 0 aromatic heterocycles. The number of aliphatic hydroxyl groups excluding tert-OH is 1. The third-order valence-electron chi connectivity index (χ3n) is 2.68. The first-order valence-corrected chi connectivity index (χ1v) is 5.66. The van der Waals surface area contributed by atoms with E-state index in [9.17, 15) is 9.50 Å². The van der Waals surface area contributed by atoms with Gasteiger partial charge in [0.15, 0.2) is 0 Å². The second-order valence-corrected chi connectivity index (χ2v) is 4.65. The van der Waals surface area contributed by atoms with E-state index in [1.807, 2.05) is 18.9 Å². The fraction of sp³-hybridized carbons (Fsp3) is 0.429. The van der Waals surface area contributed by atoms with Crippen LogP contribution in [0.4, 0.5) is 10.1 Å². The van der Waals surface area contributed by atoms with Gasteiger partial charge in [0.05, 0.1) is 6.10 Å². The Balaban J connectivity index is 3.20. The monoisotopic (exact) mass is 237 g/mol. The zero-order chi connectivity index (χ0) is 13.2. The molecule has 1 rings (SSSR count). The Labute approximate surface area is 102 Å². The molecule has 0 saturated heterocycles. The smallest absolute Gasteiger partial charge is 0.126 e.